The van der Waals surface area contributed by atoms with Gasteiger partial charge in [0.25, 0.3) is 0 Å². The topological polar surface area (TPSA) is 67.8 Å². The van der Waals surface area contributed by atoms with Crippen LogP contribution in [0.15, 0.2) is 54.6 Å². The number of carbonyl (C=O) groups is 1. The lowest BCUT2D eigenvalue weighted by atomic mass is 10.2. The van der Waals surface area contributed by atoms with Gasteiger partial charge in [-0.2, -0.15) is 0 Å². The predicted octanol–water partition coefficient (Wildman–Crippen LogP) is 2.96. The first-order valence-electron chi connectivity index (χ1n) is 8.63. The zero-order valence-corrected chi connectivity index (χ0v) is 15.1. The third-order valence-corrected chi connectivity index (χ3v) is 3.65. The van der Waals surface area contributed by atoms with Crippen LogP contribution in [0.4, 0.5) is 0 Å². The van der Waals surface area contributed by atoms with Gasteiger partial charge in [-0.05, 0) is 49.2 Å². The van der Waals surface area contributed by atoms with Gasteiger partial charge in [-0.3, -0.25) is 4.79 Å². The molecule has 138 valence electrons. The number of ether oxygens (including phenoxy) is 2. The van der Waals surface area contributed by atoms with Crippen LogP contribution in [0.2, 0.25) is 0 Å². The highest BCUT2D eigenvalue weighted by molar-refractivity contribution is 5.91. The second-order valence-corrected chi connectivity index (χ2v) is 5.81. The maximum absolute atomic E-state index is 11.8. The number of aliphatic hydroxyl groups excluding tert-OH is 1. The molecule has 0 aliphatic heterocycles. The minimum Gasteiger partial charge on any atom is -0.494 e. The summed E-state index contributed by atoms with van der Waals surface area (Å²) in [7, 11) is 0. The van der Waals surface area contributed by atoms with Gasteiger partial charge in [0.15, 0.2) is 0 Å². The van der Waals surface area contributed by atoms with Crippen molar-refractivity contribution in [3.05, 3.63) is 65.7 Å². The molecule has 0 radical (unpaired) electrons. The van der Waals surface area contributed by atoms with Crippen molar-refractivity contribution in [2.45, 2.75) is 20.0 Å². The van der Waals surface area contributed by atoms with Gasteiger partial charge in [0.1, 0.15) is 24.2 Å². The number of aryl methyl sites for hydroxylation is 1. The van der Waals surface area contributed by atoms with E-state index < -0.39 is 6.10 Å². The van der Waals surface area contributed by atoms with Crippen LogP contribution in [-0.2, 0) is 4.79 Å². The Morgan fingerprint density at radius 1 is 1.15 bits per heavy atom. The van der Waals surface area contributed by atoms with Crippen LogP contribution in [0.1, 0.15) is 18.1 Å². The Bertz CT molecular complexity index is 725. The molecule has 0 aliphatic rings. The maximum Gasteiger partial charge on any atom is 0.244 e. The van der Waals surface area contributed by atoms with Crippen LogP contribution in [0.3, 0.4) is 0 Å². The largest absolute Gasteiger partial charge is 0.494 e. The van der Waals surface area contributed by atoms with Crippen LogP contribution in [0, 0.1) is 6.92 Å². The van der Waals surface area contributed by atoms with Crippen molar-refractivity contribution in [3.63, 3.8) is 0 Å². The van der Waals surface area contributed by atoms with E-state index in [-0.39, 0.29) is 19.1 Å². The van der Waals surface area contributed by atoms with Gasteiger partial charge in [-0.1, -0.05) is 30.3 Å². The molecule has 5 nitrogen and oxygen atoms in total. The molecule has 0 spiro atoms. The highest BCUT2D eigenvalue weighted by Crippen LogP contribution is 2.16. The Kier molecular flexibility index (Phi) is 7.71. The standard InChI is InChI=1S/C21H25NO4/c1-3-25-19-11-8-17(9-12-19)10-13-21(24)22-14-18(23)15-26-20-7-5-4-6-16(20)2/h4-13,18,23H,3,14-15H2,1-2H3,(H,22,24)/b13-10+. The maximum atomic E-state index is 11.8. The molecule has 1 atom stereocenters. The molecule has 1 amide bonds. The lowest BCUT2D eigenvalue weighted by Gasteiger charge is -2.14. The number of rotatable bonds is 9. The number of amides is 1. The zero-order chi connectivity index (χ0) is 18.8. The highest BCUT2D eigenvalue weighted by atomic mass is 16.5. The van der Waals surface area contributed by atoms with Gasteiger partial charge in [0, 0.05) is 12.6 Å². The normalized spacial score (nSPS) is 12.0. The fraction of sp³-hybridized carbons (Fsp3) is 0.286. The minimum absolute atomic E-state index is 0.119. The molecule has 0 bridgehead atoms. The first-order valence-corrected chi connectivity index (χ1v) is 8.63. The van der Waals surface area contributed by atoms with E-state index in [9.17, 15) is 9.90 Å². The Balaban J connectivity index is 1.72. The molecule has 0 aromatic heterocycles. The Hall–Kier alpha value is -2.79. The monoisotopic (exact) mass is 355 g/mol. The van der Waals surface area contributed by atoms with E-state index in [4.69, 9.17) is 9.47 Å². The number of aliphatic hydroxyl groups is 1. The summed E-state index contributed by atoms with van der Waals surface area (Å²) in [6.07, 6.45) is 2.36. The van der Waals surface area contributed by atoms with Crippen LogP contribution < -0.4 is 14.8 Å². The summed E-state index contributed by atoms with van der Waals surface area (Å²) in [6.45, 7) is 4.73. The van der Waals surface area contributed by atoms with Crippen molar-refractivity contribution < 1.29 is 19.4 Å². The Morgan fingerprint density at radius 2 is 1.88 bits per heavy atom. The molecule has 0 saturated heterocycles. The molecule has 5 heteroatoms. The predicted molar refractivity (Wildman–Crippen MR) is 102 cm³/mol. The lowest BCUT2D eigenvalue weighted by molar-refractivity contribution is -0.117. The van der Waals surface area contributed by atoms with Crippen molar-refractivity contribution in [2.24, 2.45) is 0 Å². The molecule has 2 aromatic rings. The summed E-state index contributed by atoms with van der Waals surface area (Å²) in [5, 5.41) is 12.6. The van der Waals surface area contributed by atoms with E-state index in [0.29, 0.717) is 6.61 Å². The van der Waals surface area contributed by atoms with Gasteiger partial charge in [0.2, 0.25) is 5.91 Å². The Labute approximate surface area is 154 Å². The summed E-state index contributed by atoms with van der Waals surface area (Å²) in [6, 6.07) is 15.0. The van der Waals surface area contributed by atoms with E-state index in [1.165, 1.54) is 6.08 Å². The third kappa shape index (κ3) is 6.61. The van der Waals surface area contributed by atoms with Gasteiger partial charge >= 0.3 is 0 Å². The zero-order valence-electron chi connectivity index (χ0n) is 15.1. The van der Waals surface area contributed by atoms with Crippen LogP contribution >= 0.6 is 0 Å². The molecular weight excluding hydrogens is 330 g/mol. The first-order chi connectivity index (χ1) is 12.6. The first kappa shape index (κ1) is 19.5. The summed E-state index contributed by atoms with van der Waals surface area (Å²) >= 11 is 0. The van der Waals surface area contributed by atoms with Crippen molar-refractivity contribution in [1.82, 2.24) is 5.32 Å². The van der Waals surface area contributed by atoms with E-state index >= 15 is 0 Å². The van der Waals surface area contributed by atoms with Crippen LogP contribution in [0.25, 0.3) is 6.08 Å². The van der Waals surface area contributed by atoms with Gasteiger partial charge in [-0.25, -0.2) is 0 Å². The molecule has 0 fully saturated rings. The molecule has 26 heavy (non-hydrogen) atoms. The second kappa shape index (κ2) is 10.3. The van der Waals surface area contributed by atoms with E-state index in [1.54, 1.807) is 6.08 Å². The smallest absolute Gasteiger partial charge is 0.244 e. The van der Waals surface area contributed by atoms with Crippen molar-refractivity contribution >= 4 is 12.0 Å². The lowest BCUT2D eigenvalue weighted by Crippen LogP contribution is -2.34. The molecule has 2 aromatic carbocycles. The van der Waals surface area contributed by atoms with Gasteiger partial charge in [0.05, 0.1) is 6.61 Å². The van der Waals surface area contributed by atoms with E-state index in [2.05, 4.69) is 5.32 Å². The number of nitrogens with one attached hydrogen (secondary N) is 1. The number of hydrogen-bond acceptors (Lipinski definition) is 4. The Morgan fingerprint density at radius 3 is 2.58 bits per heavy atom. The average Bonchev–Trinajstić information content (AvgIpc) is 2.65. The van der Waals surface area contributed by atoms with E-state index in [1.807, 2.05) is 62.4 Å². The third-order valence-electron chi connectivity index (χ3n) is 3.65. The summed E-state index contributed by atoms with van der Waals surface area (Å²) in [5.74, 6) is 1.26. The number of benzene rings is 2. The number of hydrogen-bond donors (Lipinski definition) is 2. The molecule has 1 unspecified atom stereocenters. The number of carbonyl (C=O) groups excluding carboxylic acids is 1. The van der Waals surface area contributed by atoms with Crippen molar-refractivity contribution in [3.8, 4) is 11.5 Å². The quantitative estimate of drug-likeness (QED) is 0.679. The van der Waals surface area contributed by atoms with Gasteiger partial charge in [-0.15, -0.1) is 0 Å². The van der Waals surface area contributed by atoms with E-state index in [0.717, 1.165) is 22.6 Å². The fourth-order valence-electron chi connectivity index (χ4n) is 2.25. The second-order valence-electron chi connectivity index (χ2n) is 5.81. The summed E-state index contributed by atoms with van der Waals surface area (Å²) in [4.78, 5) is 11.8. The molecule has 0 saturated carbocycles. The molecular formula is C21H25NO4. The van der Waals surface area contributed by atoms with Gasteiger partial charge < -0.3 is 19.9 Å². The molecule has 2 rings (SSSR count). The van der Waals surface area contributed by atoms with Crippen LogP contribution in [-0.4, -0.2) is 36.9 Å². The van der Waals surface area contributed by atoms with Crippen molar-refractivity contribution in [1.29, 1.82) is 0 Å². The minimum atomic E-state index is -0.780. The van der Waals surface area contributed by atoms with Crippen molar-refractivity contribution in [2.75, 3.05) is 19.8 Å². The summed E-state index contributed by atoms with van der Waals surface area (Å²) < 4.78 is 10.9. The SMILES string of the molecule is CCOc1ccc(/C=C/C(=O)NCC(O)COc2ccccc2C)cc1. The highest BCUT2D eigenvalue weighted by Gasteiger charge is 2.07. The average molecular weight is 355 g/mol. The molecule has 0 aliphatic carbocycles. The molecule has 0 heterocycles. The van der Waals surface area contributed by atoms with Crippen LogP contribution in [0.5, 0.6) is 11.5 Å². The number of para-hydroxylation sites is 1. The summed E-state index contributed by atoms with van der Waals surface area (Å²) in [5.41, 5.74) is 1.90. The fourth-order valence-corrected chi connectivity index (χ4v) is 2.25. The molecule has 2 N–H and O–H groups in total.